The van der Waals surface area contributed by atoms with Crippen molar-refractivity contribution in [3.05, 3.63) is 53.7 Å². The zero-order chi connectivity index (χ0) is 16.9. The van der Waals surface area contributed by atoms with E-state index in [4.69, 9.17) is 0 Å². The number of fused-ring (bicyclic) bond motifs is 2. The molecule has 1 fully saturated rings. The van der Waals surface area contributed by atoms with Crippen LogP contribution in [0.15, 0.2) is 42.6 Å². The van der Waals surface area contributed by atoms with Gasteiger partial charge in [0.05, 0.1) is 5.69 Å². The van der Waals surface area contributed by atoms with Gasteiger partial charge < -0.3 is 9.80 Å². The number of carbonyl (C=O) groups excluding carboxylic acids is 1. The van der Waals surface area contributed by atoms with Gasteiger partial charge in [-0.3, -0.25) is 4.79 Å². The van der Waals surface area contributed by atoms with E-state index >= 15 is 0 Å². The quantitative estimate of drug-likeness (QED) is 0.872. The third-order valence-corrected chi connectivity index (χ3v) is 5.65. The summed E-state index contributed by atoms with van der Waals surface area (Å²) < 4.78 is 0. The van der Waals surface area contributed by atoms with Crippen molar-refractivity contribution >= 4 is 17.4 Å². The molecule has 0 saturated heterocycles. The first-order valence-electron chi connectivity index (χ1n) is 8.53. The van der Waals surface area contributed by atoms with E-state index in [0.29, 0.717) is 0 Å². The third kappa shape index (κ3) is 2.13. The average molecular weight is 321 g/mol. The topological polar surface area (TPSA) is 36.4 Å². The Morgan fingerprint density at radius 1 is 1.17 bits per heavy atom. The van der Waals surface area contributed by atoms with Crippen LogP contribution in [0.2, 0.25) is 0 Å². The number of hydrogen-bond donors (Lipinski definition) is 0. The second-order valence-corrected chi connectivity index (χ2v) is 7.21. The lowest BCUT2D eigenvalue weighted by Crippen LogP contribution is -2.32. The van der Waals surface area contributed by atoms with E-state index in [1.54, 1.807) is 11.1 Å². The molecule has 0 bridgehead atoms. The van der Waals surface area contributed by atoms with Gasteiger partial charge in [0.25, 0.3) is 0 Å². The van der Waals surface area contributed by atoms with Gasteiger partial charge in [-0.25, -0.2) is 4.98 Å². The highest BCUT2D eigenvalue weighted by atomic mass is 16.2. The van der Waals surface area contributed by atoms with Crippen molar-refractivity contribution in [1.82, 2.24) is 4.98 Å². The molecule has 124 valence electrons. The molecule has 0 N–H and O–H groups in total. The van der Waals surface area contributed by atoms with E-state index < -0.39 is 0 Å². The summed E-state index contributed by atoms with van der Waals surface area (Å²) in [5, 5.41) is 0. The highest BCUT2D eigenvalue weighted by molar-refractivity contribution is 6.00. The number of anilines is 2. The molecule has 2 aliphatic rings. The molecule has 0 unspecified atom stereocenters. The number of pyridine rings is 1. The van der Waals surface area contributed by atoms with Crippen LogP contribution in [-0.4, -0.2) is 32.0 Å². The van der Waals surface area contributed by atoms with Crippen molar-refractivity contribution in [2.75, 3.05) is 30.9 Å². The van der Waals surface area contributed by atoms with Gasteiger partial charge in [0.15, 0.2) is 5.82 Å². The first-order chi connectivity index (χ1) is 11.5. The molecule has 4 rings (SSSR count). The zero-order valence-electron chi connectivity index (χ0n) is 14.5. The summed E-state index contributed by atoms with van der Waals surface area (Å²) in [7, 11) is 5.78. The minimum absolute atomic E-state index is 0.0857. The van der Waals surface area contributed by atoms with Crippen LogP contribution in [0.25, 0.3) is 0 Å². The first-order valence-corrected chi connectivity index (χ1v) is 8.53. The molecule has 2 aliphatic carbocycles. The van der Waals surface area contributed by atoms with Crippen LogP contribution in [0, 0.1) is 5.92 Å². The van der Waals surface area contributed by atoms with Crippen molar-refractivity contribution < 1.29 is 4.79 Å². The summed E-state index contributed by atoms with van der Waals surface area (Å²) in [6, 6.07) is 12.5. The average Bonchev–Trinajstić information content (AvgIpc) is 3.22. The zero-order valence-corrected chi connectivity index (χ0v) is 14.5. The van der Waals surface area contributed by atoms with Gasteiger partial charge in [-0.05, 0) is 42.5 Å². The Hall–Kier alpha value is -2.36. The second-order valence-electron chi connectivity index (χ2n) is 7.21. The van der Waals surface area contributed by atoms with Gasteiger partial charge in [0.2, 0.25) is 5.91 Å². The summed E-state index contributed by atoms with van der Waals surface area (Å²) in [5.74, 6) is 1.14. The lowest BCUT2D eigenvalue weighted by atomic mass is 9.95. The van der Waals surface area contributed by atoms with Crippen molar-refractivity contribution in [3.8, 4) is 0 Å². The Morgan fingerprint density at radius 2 is 1.96 bits per heavy atom. The molecule has 1 aromatic carbocycles. The molecule has 1 spiro atoms. The summed E-state index contributed by atoms with van der Waals surface area (Å²) in [6.07, 6.45) is 4.94. The Labute approximate surface area is 143 Å². The van der Waals surface area contributed by atoms with Gasteiger partial charge in [0.1, 0.15) is 0 Å². The lowest BCUT2D eigenvalue weighted by molar-refractivity contribution is -0.119. The summed E-state index contributed by atoms with van der Waals surface area (Å²) in [4.78, 5) is 21.3. The Kier molecular flexibility index (Phi) is 3.37. The Balaban J connectivity index is 1.61. The van der Waals surface area contributed by atoms with E-state index in [2.05, 4.69) is 29.2 Å². The maximum Gasteiger partial charge on any atom is 0.230 e. The summed E-state index contributed by atoms with van der Waals surface area (Å²) in [5.41, 5.74) is 3.78. The largest absolute Gasteiger partial charge is 0.361 e. The molecule has 4 nitrogen and oxygen atoms in total. The number of nitrogens with zero attached hydrogens (tertiary/aromatic N) is 3. The van der Waals surface area contributed by atoms with Crippen molar-refractivity contribution in [2.24, 2.45) is 5.92 Å². The second kappa shape index (κ2) is 5.33. The molecule has 1 heterocycles. The fourth-order valence-electron chi connectivity index (χ4n) is 4.27. The maximum absolute atomic E-state index is 13.1. The van der Waals surface area contributed by atoms with Crippen LogP contribution in [0.4, 0.5) is 11.5 Å². The Morgan fingerprint density at radius 3 is 2.75 bits per heavy atom. The smallest absolute Gasteiger partial charge is 0.230 e. The standard InChI is InChI=1S/C20H23N3O/c1-22(2)18-17(9-6-12-21-18)23(3)19(24)16-13-20(16)11-10-14-7-4-5-8-15(14)20/h4-9,12,16H,10-11,13H2,1-3H3/t16-,20-/m1/s1. The van der Waals surface area contributed by atoms with Crippen molar-refractivity contribution in [3.63, 3.8) is 0 Å². The van der Waals surface area contributed by atoms with E-state index in [1.165, 1.54) is 11.1 Å². The number of aromatic nitrogens is 1. The Bertz CT molecular complexity index is 801. The number of hydrogen-bond acceptors (Lipinski definition) is 3. The highest BCUT2D eigenvalue weighted by Gasteiger charge is 2.62. The van der Waals surface area contributed by atoms with Gasteiger partial charge in [0, 0.05) is 38.7 Å². The minimum Gasteiger partial charge on any atom is -0.361 e. The van der Waals surface area contributed by atoms with Crippen LogP contribution in [0.5, 0.6) is 0 Å². The highest BCUT2D eigenvalue weighted by Crippen LogP contribution is 2.62. The van der Waals surface area contributed by atoms with Crippen LogP contribution in [-0.2, 0) is 16.6 Å². The summed E-state index contributed by atoms with van der Waals surface area (Å²) in [6.45, 7) is 0. The van der Waals surface area contributed by atoms with Crippen LogP contribution in [0.1, 0.15) is 24.0 Å². The number of rotatable bonds is 3. The lowest BCUT2D eigenvalue weighted by Gasteiger charge is -2.24. The fraction of sp³-hybridized carbons (Fsp3) is 0.400. The van der Waals surface area contributed by atoms with E-state index in [9.17, 15) is 4.79 Å². The van der Waals surface area contributed by atoms with Gasteiger partial charge in [-0.15, -0.1) is 0 Å². The number of carbonyl (C=O) groups is 1. The molecule has 0 aliphatic heterocycles. The molecule has 24 heavy (non-hydrogen) atoms. The first kappa shape index (κ1) is 15.2. The molecule has 1 saturated carbocycles. The number of amides is 1. The SMILES string of the molecule is CN(C)c1ncccc1N(C)C(=O)[C@H]1C[C@@]12CCc1ccccc12. The molecule has 4 heteroatoms. The van der Waals surface area contributed by atoms with Gasteiger partial charge in [-0.2, -0.15) is 0 Å². The molecule has 1 amide bonds. The number of aryl methyl sites for hydroxylation is 1. The number of benzene rings is 1. The van der Waals surface area contributed by atoms with Crippen LogP contribution in [0.3, 0.4) is 0 Å². The van der Waals surface area contributed by atoms with E-state index in [-0.39, 0.29) is 17.2 Å². The molecule has 2 atom stereocenters. The molecule has 1 aromatic heterocycles. The summed E-state index contributed by atoms with van der Waals surface area (Å²) >= 11 is 0. The molecule has 2 aromatic rings. The predicted octanol–water partition coefficient (Wildman–Crippen LogP) is 3.01. The predicted molar refractivity (Wildman–Crippen MR) is 96.5 cm³/mol. The van der Waals surface area contributed by atoms with Gasteiger partial charge >= 0.3 is 0 Å². The maximum atomic E-state index is 13.1. The monoisotopic (exact) mass is 321 g/mol. The van der Waals surface area contributed by atoms with Crippen LogP contribution >= 0.6 is 0 Å². The third-order valence-electron chi connectivity index (χ3n) is 5.65. The van der Waals surface area contributed by atoms with Crippen LogP contribution < -0.4 is 9.80 Å². The molecular weight excluding hydrogens is 298 g/mol. The van der Waals surface area contributed by atoms with E-state index in [1.807, 2.05) is 38.2 Å². The van der Waals surface area contributed by atoms with Gasteiger partial charge in [-0.1, -0.05) is 24.3 Å². The molecule has 0 radical (unpaired) electrons. The minimum atomic E-state index is 0.0857. The fourth-order valence-corrected chi connectivity index (χ4v) is 4.27. The molecular formula is C20H23N3O. The van der Waals surface area contributed by atoms with E-state index in [0.717, 1.165) is 30.8 Å². The van der Waals surface area contributed by atoms with Crippen molar-refractivity contribution in [1.29, 1.82) is 0 Å². The normalized spacial score (nSPS) is 23.9. The van der Waals surface area contributed by atoms with Crippen molar-refractivity contribution in [2.45, 2.75) is 24.7 Å².